The Hall–Kier alpha value is -0.660. The summed E-state index contributed by atoms with van der Waals surface area (Å²) in [5.41, 5.74) is 0. The molecule has 0 radical (unpaired) electrons. The molecule has 2 fully saturated rings. The van der Waals surface area contributed by atoms with Gasteiger partial charge in [0.1, 0.15) is 5.75 Å². The van der Waals surface area contributed by atoms with Gasteiger partial charge in [-0.05, 0) is 51.4 Å². The van der Waals surface area contributed by atoms with Crippen LogP contribution in [0.25, 0.3) is 0 Å². The Bertz CT molecular complexity index is 498. The van der Waals surface area contributed by atoms with Crippen LogP contribution >= 0.6 is 0 Å². The number of hydrogen-bond acceptors (Lipinski definition) is 4. The van der Waals surface area contributed by atoms with Crippen LogP contribution in [-0.4, -0.2) is 55.3 Å². The Morgan fingerprint density at radius 1 is 1.26 bits per heavy atom. The highest BCUT2D eigenvalue weighted by molar-refractivity contribution is 7.90. The van der Waals surface area contributed by atoms with Gasteiger partial charge in [-0.15, -0.1) is 0 Å². The smallest absolute Gasteiger partial charge is 0.239 e. The van der Waals surface area contributed by atoms with Crippen molar-refractivity contribution in [3.8, 4) is 0 Å². The first-order chi connectivity index (χ1) is 10.8. The molecule has 2 aliphatic rings. The summed E-state index contributed by atoms with van der Waals surface area (Å²) < 4.78 is 27.2. The van der Waals surface area contributed by atoms with Crippen LogP contribution in [0.15, 0.2) is 0 Å². The number of sulfonamides is 1. The summed E-state index contributed by atoms with van der Waals surface area (Å²) in [6.45, 7) is 4.94. The molecular weight excluding hydrogens is 316 g/mol. The zero-order valence-electron chi connectivity index (χ0n) is 14.2. The van der Waals surface area contributed by atoms with E-state index in [2.05, 4.69) is 11.6 Å². The zero-order valence-corrected chi connectivity index (χ0v) is 15.0. The van der Waals surface area contributed by atoms with Gasteiger partial charge in [0.25, 0.3) is 0 Å². The quantitative estimate of drug-likeness (QED) is 0.780. The number of carbonyl (C=O) groups is 1. The van der Waals surface area contributed by atoms with E-state index in [0.29, 0.717) is 19.0 Å². The van der Waals surface area contributed by atoms with Crippen molar-refractivity contribution in [1.82, 2.24) is 9.62 Å². The van der Waals surface area contributed by atoms with Crippen LogP contribution in [0.4, 0.5) is 0 Å². The summed E-state index contributed by atoms with van der Waals surface area (Å²) in [4.78, 5) is 13.9. The monoisotopic (exact) mass is 346 g/mol. The minimum atomic E-state index is -3.59. The largest absolute Gasteiger partial charge is 0.393 e. The Morgan fingerprint density at radius 2 is 1.91 bits per heavy atom. The Labute approximate surface area is 139 Å². The Balaban J connectivity index is 1.85. The van der Waals surface area contributed by atoms with Crippen LogP contribution in [-0.2, 0) is 14.8 Å². The Morgan fingerprint density at radius 3 is 2.52 bits per heavy atom. The van der Waals surface area contributed by atoms with Gasteiger partial charge in [0.05, 0.1) is 6.10 Å². The standard InChI is InChI=1S/C16H30N2O4S/c1-12-5-7-15(8-6-12)17-23(21,22)11-16(20)18-9-3-4-14(10-18)13(2)19/h12-15,17,19H,3-11H2,1-2H3/t12?,13-,14-,15?/m1/s1. The fraction of sp³-hybridized carbons (Fsp3) is 0.938. The lowest BCUT2D eigenvalue weighted by Crippen LogP contribution is -2.47. The van der Waals surface area contributed by atoms with Gasteiger partial charge in [-0.3, -0.25) is 4.79 Å². The van der Waals surface area contributed by atoms with Crippen LogP contribution in [0.2, 0.25) is 0 Å². The molecular formula is C16H30N2O4S. The van der Waals surface area contributed by atoms with Crippen molar-refractivity contribution in [3.63, 3.8) is 0 Å². The number of likely N-dealkylation sites (tertiary alicyclic amines) is 1. The molecule has 2 rings (SSSR count). The van der Waals surface area contributed by atoms with Crippen molar-refractivity contribution in [2.75, 3.05) is 18.8 Å². The maximum atomic E-state index is 12.3. The van der Waals surface area contributed by atoms with E-state index in [4.69, 9.17) is 0 Å². The van der Waals surface area contributed by atoms with E-state index in [-0.39, 0.29) is 17.9 Å². The van der Waals surface area contributed by atoms with Gasteiger partial charge in [-0.25, -0.2) is 13.1 Å². The van der Waals surface area contributed by atoms with Gasteiger partial charge in [0.2, 0.25) is 15.9 Å². The lowest BCUT2D eigenvalue weighted by Gasteiger charge is -2.34. The summed E-state index contributed by atoms with van der Waals surface area (Å²) in [5, 5.41) is 9.68. The fourth-order valence-corrected chi connectivity index (χ4v) is 4.89. The molecule has 0 spiro atoms. The molecule has 1 saturated heterocycles. The van der Waals surface area contributed by atoms with E-state index in [1.807, 2.05) is 0 Å². The van der Waals surface area contributed by atoms with E-state index in [9.17, 15) is 18.3 Å². The van der Waals surface area contributed by atoms with Gasteiger partial charge >= 0.3 is 0 Å². The Kier molecular flexibility index (Phi) is 6.45. The second-order valence-electron chi connectivity index (χ2n) is 7.32. The first-order valence-electron chi connectivity index (χ1n) is 8.72. The highest BCUT2D eigenvalue weighted by Crippen LogP contribution is 2.24. The van der Waals surface area contributed by atoms with Gasteiger partial charge in [-0.2, -0.15) is 0 Å². The van der Waals surface area contributed by atoms with Gasteiger partial charge < -0.3 is 10.0 Å². The van der Waals surface area contributed by atoms with Crippen molar-refractivity contribution in [2.45, 2.75) is 64.5 Å². The highest BCUT2D eigenvalue weighted by Gasteiger charge is 2.30. The van der Waals surface area contributed by atoms with Crippen molar-refractivity contribution in [3.05, 3.63) is 0 Å². The normalized spacial score (nSPS) is 30.9. The molecule has 0 aromatic rings. The molecule has 1 aliphatic carbocycles. The van der Waals surface area contributed by atoms with Crippen LogP contribution < -0.4 is 4.72 Å². The predicted molar refractivity (Wildman–Crippen MR) is 89.3 cm³/mol. The first-order valence-corrected chi connectivity index (χ1v) is 10.4. The second-order valence-corrected chi connectivity index (χ2v) is 9.07. The van der Waals surface area contributed by atoms with Crippen molar-refractivity contribution >= 4 is 15.9 Å². The number of aliphatic hydroxyl groups excluding tert-OH is 1. The maximum absolute atomic E-state index is 12.3. The molecule has 0 aromatic heterocycles. The average Bonchev–Trinajstić information content (AvgIpc) is 2.49. The molecule has 23 heavy (non-hydrogen) atoms. The molecule has 0 unspecified atom stereocenters. The SMILES string of the molecule is CC1CCC(NS(=O)(=O)CC(=O)N2CCC[C@@H]([C@@H](C)O)C2)CC1. The van der Waals surface area contributed by atoms with E-state index in [0.717, 1.165) is 38.5 Å². The van der Waals surface area contributed by atoms with Crippen molar-refractivity contribution in [2.24, 2.45) is 11.8 Å². The number of nitrogens with zero attached hydrogens (tertiary/aromatic N) is 1. The molecule has 0 bridgehead atoms. The number of aliphatic hydroxyl groups is 1. The molecule has 2 atom stereocenters. The molecule has 134 valence electrons. The van der Waals surface area contributed by atoms with Gasteiger partial charge in [0.15, 0.2) is 0 Å². The minimum Gasteiger partial charge on any atom is -0.393 e. The summed E-state index contributed by atoms with van der Waals surface area (Å²) in [6.07, 6.45) is 4.99. The van der Waals surface area contributed by atoms with E-state index in [1.165, 1.54) is 0 Å². The summed E-state index contributed by atoms with van der Waals surface area (Å²) in [7, 11) is -3.59. The number of nitrogens with one attached hydrogen (secondary N) is 1. The third kappa shape index (κ3) is 5.72. The molecule has 2 N–H and O–H groups in total. The van der Waals surface area contributed by atoms with Crippen molar-refractivity contribution in [1.29, 1.82) is 0 Å². The number of carbonyl (C=O) groups excluding carboxylic acids is 1. The topological polar surface area (TPSA) is 86.7 Å². The molecule has 1 saturated carbocycles. The van der Waals surface area contributed by atoms with Gasteiger partial charge in [-0.1, -0.05) is 6.92 Å². The fourth-order valence-electron chi connectivity index (χ4n) is 3.56. The number of amides is 1. The highest BCUT2D eigenvalue weighted by atomic mass is 32.2. The number of hydrogen-bond donors (Lipinski definition) is 2. The minimum absolute atomic E-state index is 0.0319. The third-order valence-corrected chi connectivity index (χ3v) is 6.49. The summed E-state index contributed by atoms with van der Waals surface area (Å²) in [6, 6.07) is -0.0319. The number of rotatable bonds is 5. The summed E-state index contributed by atoms with van der Waals surface area (Å²) >= 11 is 0. The lowest BCUT2D eigenvalue weighted by molar-refractivity contribution is -0.131. The second kappa shape index (κ2) is 7.94. The molecule has 7 heteroatoms. The van der Waals surface area contributed by atoms with E-state index >= 15 is 0 Å². The van der Waals surface area contributed by atoms with E-state index < -0.39 is 21.9 Å². The van der Waals surface area contributed by atoms with Crippen LogP contribution in [0.1, 0.15) is 52.4 Å². The molecule has 1 heterocycles. The number of piperidine rings is 1. The maximum Gasteiger partial charge on any atom is 0.239 e. The van der Waals surface area contributed by atoms with Gasteiger partial charge in [0, 0.05) is 25.0 Å². The first kappa shape index (κ1) is 18.7. The van der Waals surface area contributed by atoms with Crippen LogP contribution in [0, 0.1) is 11.8 Å². The summed E-state index contributed by atoms with van der Waals surface area (Å²) in [5.74, 6) is -0.135. The van der Waals surface area contributed by atoms with E-state index in [1.54, 1.807) is 11.8 Å². The molecule has 1 amide bonds. The van der Waals surface area contributed by atoms with Crippen LogP contribution in [0.3, 0.4) is 0 Å². The molecule has 6 nitrogen and oxygen atoms in total. The molecule has 0 aromatic carbocycles. The van der Waals surface area contributed by atoms with Crippen LogP contribution in [0.5, 0.6) is 0 Å². The lowest BCUT2D eigenvalue weighted by atomic mass is 9.88. The average molecular weight is 346 g/mol. The third-order valence-electron chi connectivity index (χ3n) is 5.17. The predicted octanol–water partition coefficient (Wildman–Crippen LogP) is 1.10. The molecule has 1 aliphatic heterocycles. The zero-order chi connectivity index (χ0) is 17.0. The van der Waals surface area contributed by atoms with Crippen molar-refractivity contribution < 1.29 is 18.3 Å².